The molecule has 3 N–H and O–H groups in total. The number of carbonyl (C=O) groups excluding carboxylic acids is 3. The Morgan fingerprint density at radius 1 is 1.07 bits per heavy atom. The third-order valence-electron chi connectivity index (χ3n) is 3.22. The average Bonchev–Trinajstić information content (AvgIpc) is 3.18. The number of amides is 3. The van der Waals surface area contributed by atoms with Gasteiger partial charge in [0.25, 0.3) is 18.2 Å². The van der Waals surface area contributed by atoms with Gasteiger partial charge in [-0.25, -0.2) is 8.78 Å². The van der Waals surface area contributed by atoms with Gasteiger partial charge in [-0.2, -0.15) is 0 Å². The zero-order valence-electron chi connectivity index (χ0n) is 14.5. The second-order valence-corrected chi connectivity index (χ2v) is 6.16. The molecule has 0 saturated carbocycles. The van der Waals surface area contributed by atoms with Crippen LogP contribution in [0.3, 0.4) is 0 Å². The predicted molar refractivity (Wildman–Crippen MR) is 96.9 cm³/mol. The van der Waals surface area contributed by atoms with E-state index in [-0.39, 0.29) is 24.8 Å². The summed E-state index contributed by atoms with van der Waals surface area (Å²) in [5.74, 6) is -2.13. The van der Waals surface area contributed by atoms with Crippen molar-refractivity contribution >= 4 is 40.9 Å². The third kappa shape index (κ3) is 7.20. The van der Waals surface area contributed by atoms with Gasteiger partial charge >= 0.3 is 0 Å². The molecule has 2 rings (SSSR count). The number of ether oxygens (including phenoxy) is 1. The Morgan fingerprint density at radius 3 is 2.48 bits per heavy atom. The van der Waals surface area contributed by atoms with E-state index in [9.17, 15) is 23.2 Å². The molecule has 0 aliphatic rings. The van der Waals surface area contributed by atoms with Gasteiger partial charge in [0.05, 0.1) is 23.3 Å². The van der Waals surface area contributed by atoms with Crippen LogP contribution in [-0.2, 0) is 9.59 Å². The molecule has 0 spiro atoms. The van der Waals surface area contributed by atoms with E-state index in [0.29, 0.717) is 10.8 Å². The summed E-state index contributed by atoms with van der Waals surface area (Å²) in [6.45, 7) is -1.06. The minimum Gasteiger partial charge on any atom is -0.484 e. The van der Waals surface area contributed by atoms with Crippen molar-refractivity contribution in [1.29, 1.82) is 0 Å². The van der Waals surface area contributed by atoms with Crippen molar-refractivity contribution < 1.29 is 32.4 Å². The van der Waals surface area contributed by atoms with Crippen molar-refractivity contribution in [2.75, 3.05) is 19.8 Å². The van der Waals surface area contributed by atoms with E-state index in [1.807, 2.05) is 0 Å². The monoisotopic (exact) mass is 450 g/mol. The van der Waals surface area contributed by atoms with Crippen LogP contribution in [-0.4, -0.2) is 42.7 Å². The van der Waals surface area contributed by atoms with Gasteiger partial charge in [0.1, 0.15) is 5.75 Å². The van der Waals surface area contributed by atoms with E-state index in [4.69, 9.17) is 27.9 Å². The molecule has 1 aromatic carbocycles. The van der Waals surface area contributed by atoms with Gasteiger partial charge in [-0.05, 0) is 12.1 Å². The summed E-state index contributed by atoms with van der Waals surface area (Å²) >= 11 is 11.6. The Morgan fingerprint density at radius 2 is 1.83 bits per heavy atom. The zero-order chi connectivity index (χ0) is 21.4. The molecule has 0 saturated heterocycles. The van der Waals surface area contributed by atoms with Gasteiger partial charge < -0.3 is 25.2 Å². The molecule has 3 amide bonds. The lowest BCUT2D eigenvalue weighted by molar-refractivity contribution is -0.127. The van der Waals surface area contributed by atoms with Gasteiger partial charge in [-0.1, -0.05) is 28.4 Å². The zero-order valence-corrected chi connectivity index (χ0v) is 16.0. The molecular weight excluding hydrogens is 437 g/mol. The largest absolute Gasteiger partial charge is 0.484 e. The smallest absolute Gasteiger partial charge is 0.291 e. The Bertz CT molecular complexity index is 894. The highest BCUT2D eigenvalue weighted by Crippen LogP contribution is 2.26. The highest BCUT2D eigenvalue weighted by atomic mass is 35.5. The summed E-state index contributed by atoms with van der Waals surface area (Å²) in [5.41, 5.74) is -0.676. The van der Waals surface area contributed by atoms with E-state index < -0.39 is 35.6 Å². The first-order valence-electron chi connectivity index (χ1n) is 7.90. The molecule has 0 aliphatic heterocycles. The van der Waals surface area contributed by atoms with Crippen LogP contribution in [0.2, 0.25) is 10.0 Å². The van der Waals surface area contributed by atoms with Crippen molar-refractivity contribution in [3.63, 3.8) is 0 Å². The van der Waals surface area contributed by atoms with Crippen LogP contribution in [0.4, 0.5) is 8.78 Å². The van der Waals surface area contributed by atoms with Crippen LogP contribution in [0, 0.1) is 0 Å². The molecule has 1 heterocycles. The van der Waals surface area contributed by atoms with Gasteiger partial charge in [0, 0.05) is 12.1 Å². The first kappa shape index (κ1) is 22.4. The van der Waals surface area contributed by atoms with Crippen molar-refractivity contribution in [2.45, 2.75) is 6.43 Å². The normalized spacial score (nSPS) is 10.5. The Balaban J connectivity index is 1.63. The fourth-order valence-corrected chi connectivity index (χ4v) is 2.10. The van der Waals surface area contributed by atoms with Crippen molar-refractivity contribution in [3.8, 4) is 5.75 Å². The molecule has 13 heteroatoms. The Kier molecular flexibility index (Phi) is 8.16. The molecule has 0 unspecified atom stereocenters. The highest BCUT2D eigenvalue weighted by molar-refractivity contribution is 6.42. The van der Waals surface area contributed by atoms with Gasteiger partial charge in [0.2, 0.25) is 11.7 Å². The van der Waals surface area contributed by atoms with Crippen LogP contribution in [0.15, 0.2) is 28.8 Å². The first-order valence-corrected chi connectivity index (χ1v) is 8.66. The van der Waals surface area contributed by atoms with Gasteiger partial charge in [0.15, 0.2) is 12.3 Å². The maximum Gasteiger partial charge on any atom is 0.291 e. The van der Waals surface area contributed by atoms with Crippen LogP contribution in [0.1, 0.15) is 22.7 Å². The lowest BCUT2D eigenvalue weighted by Crippen LogP contribution is -2.43. The van der Waals surface area contributed by atoms with Gasteiger partial charge in [-0.15, -0.1) is 0 Å². The number of aromatic nitrogens is 1. The predicted octanol–water partition coefficient (Wildman–Crippen LogP) is 1.92. The minimum atomic E-state index is -2.87. The molecule has 9 nitrogen and oxygen atoms in total. The number of hydrogen-bond acceptors (Lipinski definition) is 6. The summed E-state index contributed by atoms with van der Waals surface area (Å²) in [4.78, 5) is 34.9. The fraction of sp³-hybridized carbons (Fsp3) is 0.250. The molecule has 0 atom stereocenters. The van der Waals surface area contributed by atoms with Crippen LogP contribution >= 0.6 is 23.2 Å². The number of rotatable bonds is 9. The second-order valence-electron chi connectivity index (χ2n) is 5.34. The summed E-state index contributed by atoms with van der Waals surface area (Å²) in [5, 5.41) is 10.4. The summed E-state index contributed by atoms with van der Waals surface area (Å²) in [6, 6.07) is 5.25. The van der Waals surface area contributed by atoms with E-state index in [0.717, 1.165) is 6.07 Å². The van der Waals surface area contributed by atoms with E-state index in [1.54, 1.807) is 0 Å². The third-order valence-corrected chi connectivity index (χ3v) is 3.96. The lowest BCUT2D eigenvalue weighted by Gasteiger charge is -2.09. The van der Waals surface area contributed by atoms with Crippen LogP contribution < -0.4 is 20.7 Å². The topological polar surface area (TPSA) is 123 Å². The fourth-order valence-electron chi connectivity index (χ4n) is 1.82. The van der Waals surface area contributed by atoms with E-state index in [1.165, 1.54) is 18.2 Å². The first-order chi connectivity index (χ1) is 13.8. The summed E-state index contributed by atoms with van der Waals surface area (Å²) < 4.78 is 34.4. The lowest BCUT2D eigenvalue weighted by atomic mass is 10.3. The number of carbonyl (C=O) groups is 3. The standard InChI is InChI=1S/C16H14Cl2F2N4O5/c17-9-2-1-8(3-10(9)18)28-6-14(26)21-5-13(25)22-7-23-16(27)12-4-11(15(19)20)24-29-12/h1-4,15H,5-7H2,(H,21,26)(H,22,25)(H,23,27). The molecule has 1 aromatic heterocycles. The molecule has 2 aromatic rings. The maximum absolute atomic E-state index is 12.4. The SMILES string of the molecule is O=C(CNC(=O)COc1ccc(Cl)c(Cl)c1)NCNC(=O)c1cc(C(F)F)no1. The Hall–Kier alpha value is -2.92. The highest BCUT2D eigenvalue weighted by Gasteiger charge is 2.18. The quantitative estimate of drug-likeness (QED) is 0.501. The molecule has 0 bridgehead atoms. The minimum absolute atomic E-state index is 0.266. The number of nitrogens with one attached hydrogen (secondary N) is 3. The Labute approximate surface area is 172 Å². The summed E-state index contributed by atoms with van der Waals surface area (Å²) in [7, 11) is 0. The number of benzene rings is 1. The number of halogens is 4. The maximum atomic E-state index is 12.4. The van der Waals surface area contributed by atoms with Crippen molar-refractivity contribution in [1.82, 2.24) is 21.1 Å². The van der Waals surface area contributed by atoms with Crippen LogP contribution in [0.25, 0.3) is 0 Å². The number of hydrogen-bond donors (Lipinski definition) is 3. The van der Waals surface area contributed by atoms with Crippen molar-refractivity contribution in [2.24, 2.45) is 0 Å². The van der Waals surface area contributed by atoms with E-state index in [2.05, 4.69) is 25.6 Å². The van der Waals surface area contributed by atoms with Crippen LogP contribution in [0.5, 0.6) is 5.75 Å². The molecule has 156 valence electrons. The summed E-state index contributed by atoms with van der Waals surface area (Å²) in [6.07, 6.45) is -2.87. The van der Waals surface area contributed by atoms with Gasteiger partial charge in [-0.3, -0.25) is 14.4 Å². The molecule has 0 radical (unpaired) electrons. The second kappa shape index (κ2) is 10.6. The average molecular weight is 451 g/mol. The van der Waals surface area contributed by atoms with E-state index >= 15 is 0 Å². The molecular formula is C16H14Cl2F2N4O5. The van der Waals surface area contributed by atoms with Crippen molar-refractivity contribution in [3.05, 3.63) is 45.8 Å². The molecule has 29 heavy (non-hydrogen) atoms. The number of alkyl halides is 2. The molecule has 0 aliphatic carbocycles. The number of nitrogens with zero attached hydrogens (tertiary/aromatic N) is 1. The molecule has 0 fully saturated rings.